The van der Waals surface area contributed by atoms with Crippen LogP contribution in [0.5, 0.6) is 18.0 Å². The van der Waals surface area contributed by atoms with E-state index >= 15 is 0 Å². The smallest absolute Gasteiger partial charge is 0.320 e. The second kappa shape index (κ2) is 33.9. The third kappa shape index (κ3) is 22.4. The molecule has 0 atom stereocenters. The zero-order valence-corrected chi connectivity index (χ0v) is 54.1. The van der Waals surface area contributed by atoms with Gasteiger partial charge in [0.05, 0.1) is 65.4 Å². The molecule has 4 N–H and O–H groups in total. The van der Waals surface area contributed by atoms with E-state index in [4.69, 9.17) is 35.2 Å². The van der Waals surface area contributed by atoms with Crippen molar-refractivity contribution in [1.29, 1.82) is 0 Å². The molecule has 0 unspecified atom stereocenters. The summed E-state index contributed by atoms with van der Waals surface area (Å²) in [6.07, 6.45) is 4.23. The van der Waals surface area contributed by atoms with Crippen LogP contribution in [-0.4, -0.2) is 106 Å². The third-order valence-corrected chi connectivity index (χ3v) is 13.0. The summed E-state index contributed by atoms with van der Waals surface area (Å²) in [5, 5.41) is 0. The van der Waals surface area contributed by atoms with Gasteiger partial charge in [0, 0.05) is 26.6 Å². The summed E-state index contributed by atoms with van der Waals surface area (Å²) < 4.78 is 33.5. The van der Waals surface area contributed by atoms with Gasteiger partial charge in [0.15, 0.2) is 38.7 Å². The van der Waals surface area contributed by atoms with E-state index in [0.717, 1.165) is 47.9 Å². The van der Waals surface area contributed by atoms with E-state index in [2.05, 4.69) is 111 Å². The molecule has 7 rings (SSSR count). The van der Waals surface area contributed by atoms with Crippen LogP contribution in [0.25, 0.3) is 22.3 Å². The number of esters is 2. The maximum absolute atomic E-state index is 12.3. The van der Waals surface area contributed by atoms with Gasteiger partial charge in [-0.2, -0.15) is 24.9 Å². The number of nitrogen functional groups attached to an aromatic ring is 2. The predicted octanol–water partition coefficient (Wildman–Crippen LogP) is 8.90. The van der Waals surface area contributed by atoms with Gasteiger partial charge in [-0.1, -0.05) is 113 Å². The molecule has 4 heterocycles. The number of quaternary nitrogens is 1. The topological polar surface area (TPSA) is 220 Å². The zero-order chi connectivity index (χ0) is 57.0. The minimum atomic E-state index is -0.520. The Kier molecular flexibility index (Phi) is 29.8. The average Bonchev–Trinajstić information content (AvgIpc) is 3.95. The van der Waals surface area contributed by atoms with E-state index in [9.17, 15) is 9.59 Å². The Morgan fingerprint density at radius 1 is 0.568 bits per heavy atom. The molecule has 0 aliphatic rings. The Morgan fingerprint density at radius 3 is 1.42 bits per heavy atom. The fraction of sp³-hybridized carbons (Fsp3) is 0.500. The molecule has 0 saturated heterocycles. The number of hydrogen-bond acceptors (Lipinski definition) is 15. The van der Waals surface area contributed by atoms with Gasteiger partial charge >= 0.3 is 24.0 Å². The summed E-state index contributed by atoms with van der Waals surface area (Å²) in [4.78, 5) is 50.9. The van der Waals surface area contributed by atoms with Crippen LogP contribution >= 0.6 is 15.9 Å². The summed E-state index contributed by atoms with van der Waals surface area (Å²) in [5.74, 6) is -0.00933. The van der Waals surface area contributed by atoms with Crippen molar-refractivity contribution in [2.24, 2.45) is 0 Å². The van der Waals surface area contributed by atoms with E-state index in [1.165, 1.54) is 36.2 Å². The van der Waals surface area contributed by atoms with Gasteiger partial charge in [0.1, 0.15) is 17.7 Å². The van der Waals surface area contributed by atoms with Crippen molar-refractivity contribution in [1.82, 2.24) is 39.0 Å². The van der Waals surface area contributed by atoms with Crippen LogP contribution in [0, 0.1) is 0 Å². The molecule has 0 radical (unpaired) electrons. The fourth-order valence-corrected chi connectivity index (χ4v) is 8.80. The number of rotatable bonds is 23. The van der Waals surface area contributed by atoms with E-state index in [0.29, 0.717) is 66.0 Å². The first-order chi connectivity index (χ1) is 37.1. The number of carbonyl (C=O) groups excluding carboxylic acids is 2. The van der Waals surface area contributed by atoms with Crippen molar-refractivity contribution in [3.63, 3.8) is 0 Å². The monoisotopic (exact) mass is 1370 g/mol. The quantitative estimate of drug-likeness (QED) is 0.0264. The number of benzene rings is 3. The van der Waals surface area contributed by atoms with Crippen molar-refractivity contribution >= 4 is 61.8 Å². The van der Waals surface area contributed by atoms with Crippen LogP contribution < -0.4 is 38.1 Å². The number of nitrogens with zero attached hydrogens (tertiary/aromatic N) is 9. The normalized spacial score (nSPS) is 11.2. The average molecular weight is 1370 g/mol. The number of fused-ring (bicyclic) bond motifs is 2. The van der Waals surface area contributed by atoms with Crippen molar-refractivity contribution in [3.05, 3.63) is 111 Å². The summed E-state index contributed by atoms with van der Waals surface area (Å²) in [6, 6.07) is 27.2. The van der Waals surface area contributed by atoms with Crippen LogP contribution in [0.4, 0.5) is 11.6 Å². The second-order valence-electron chi connectivity index (χ2n) is 21.0. The van der Waals surface area contributed by atoms with E-state index in [1.807, 2.05) is 106 Å². The molecule has 0 fully saturated rings. The first kappa shape index (κ1) is 71.2. The Morgan fingerprint density at radius 2 is 0.988 bits per heavy atom. The van der Waals surface area contributed by atoms with Crippen LogP contribution in [0.15, 0.2) is 83.6 Å². The Labute approximate surface area is 509 Å². The summed E-state index contributed by atoms with van der Waals surface area (Å²) >= 11 is 3.50. The molecular formula is C60H87BrClN11O7W. The number of anilines is 2. The molecule has 81 heavy (non-hydrogen) atoms. The van der Waals surface area contributed by atoms with Gasteiger partial charge in [-0.15, -0.1) is 0 Å². The van der Waals surface area contributed by atoms with Gasteiger partial charge < -0.3 is 52.0 Å². The van der Waals surface area contributed by atoms with Gasteiger partial charge in [0.25, 0.3) is 6.01 Å². The molecule has 21 heteroatoms. The number of aromatic nitrogens is 8. The number of imidazole rings is 2. The molecule has 0 aliphatic carbocycles. The Bertz CT molecular complexity index is 3030. The van der Waals surface area contributed by atoms with Crippen LogP contribution in [0.1, 0.15) is 144 Å². The van der Waals surface area contributed by atoms with Crippen molar-refractivity contribution < 1.29 is 71.2 Å². The molecule has 4 aromatic heterocycles. The standard InChI is InChI=1S/C24H33N5O4.C22H28BrN5O3.C13H22N.CH4.ClH.W/c1-6-8-12-32-22-27-20(25)19-21(28-22)29(23(26-19)31-7-2)15-17-11-9-10-16(13-17)14-18(30)33-24(3,4)5;1-5-6-10-30-21-26-18(24)17-19(27-21)28(20(23)25-17)13-15-9-7-8-14(11-15)12-16(29)31-22(2,3)4;1-4-14(5-2,6-3)12-13-10-8-7-9-11-13;;;/h9-11,13H,6-8,12,14-15H2,1-5H3,(H2,25,27,28);7-9,11H,5-6,10,12-13H2,1-4H3,(H2,24,26,27);7-11H,4-6,12H2,1-3H3;1H4;1H;/q;;+1;;;/p-1. The molecule has 0 bridgehead atoms. The molecule has 18 nitrogen and oxygen atoms in total. The van der Waals surface area contributed by atoms with Gasteiger partial charge in [-0.3, -0.25) is 18.7 Å². The second-order valence-corrected chi connectivity index (χ2v) is 21.7. The minimum absolute atomic E-state index is 0. The van der Waals surface area contributed by atoms with Gasteiger partial charge in [0.2, 0.25) is 0 Å². The summed E-state index contributed by atoms with van der Waals surface area (Å²) in [6.45, 7) is 31.3. The van der Waals surface area contributed by atoms with E-state index in [-0.39, 0.29) is 89.3 Å². The van der Waals surface area contributed by atoms with Crippen LogP contribution in [-0.2, 0) is 72.6 Å². The SMILES string of the molecule is C.CCCCOc1nc(N)c2nc(Br)n(Cc3cccc(CC(=O)OC(C)(C)C)c3)c2n1.CCCCOc1nc(N)c2nc(OCC)n(Cc3cccc(CC(=O)OC(C)(C)C)c3)c2n1.CC[N+](CC)(CC)Cc1ccccc1.[Cl-].[W]. The minimum Gasteiger partial charge on any atom is -1.00 e. The van der Waals surface area contributed by atoms with E-state index < -0.39 is 11.2 Å². The molecule has 7 aromatic rings. The molecule has 0 saturated carbocycles. The Balaban J connectivity index is 0.000000437. The largest absolute Gasteiger partial charge is 1.00 e. The van der Waals surface area contributed by atoms with Crippen molar-refractivity contribution in [2.75, 3.05) is 50.9 Å². The maximum atomic E-state index is 12.3. The van der Waals surface area contributed by atoms with Crippen molar-refractivity contribution in [2.45, 2.75) is 160 Å². The number of nitrogens with two attached hydrogens (primary N) is 2. The zero-order valence-electron chi connectivity index (χ0n) is 48.8. The van der Waals surface area contributed by atoms with Crippen LogP contribution in [0.2, 0.25) is 0 Å². The molecule has 0 spiro atoms. The number of hydrogen-bond donors (Lipinski definition) is 2. The third-order valence-electron chi connectivity index (χ3n) is 12.4. The van der Waals surface area contributed by atoms with Gasteiger partial charge in [-0.25, -0.2) is 4.98 Å². The summed E-state index contributed by atoms with van der Waals surface area (Å²) in [5.41, 5.74) is 18.5. The first-order valence-corrected chi connectivity index (χ1v) is 28.0. The Hall–Kier alpha value is -5.88. The molecular weight excluding hydrogens is 1290 g/mol. The maximum Gasteiger partial charge on any atom is 0.320 e. The molecule has 0 aliphatic heterocycles. The van der Waals surface area contributed by atoms with Gasteiger partial charge in [-0.05, 0) is 120 Å². The molecule has 0 amide bonds. The number of unbranched alkanes of at least 4 members (excludes halogenated alkanes) is 2. The fourth-order valence-electron chi connectivity index (χ4n) is 8.33. The number of ether oxygens (including phenoxy) is 5. The molecule has 444 valence electrons. The van der Waals surface area contributed by atoms with E-state index in [1.54, 1.807) is 0 Å². The first-order valence-electron chi connectivity index (χ1n) is 27.2. The number of halogens is 2. The van der Waals surface area contributed by atoms with Crippen molar-refractivity contribution in [3.8, 4) is 18.0 Å². The molecule has 3 aromatic carbocycles. The predicted molar refractivity (Wildman–Crippen MR) is 318 cm³/mol. The van der Waals surface area contributed by atoms with Crippen LogP contribution in [0.3, 0.4) is 0 Å². The number of carbonyl (C=O) groups is 2. The summed E-state index contributed by atoms with van der Waals surface area (Å²) in [7, 11) is 0.